The second-order valence-electron chi connectivity index (χ2n) is 4.80. The predicted octanol–water partition coefficient (Wildman–Crippen LogP) is 3.04. The molecule has 0 aliphatic rings. The zero-order valence-corrected chi connectivity index (χ0v) is 13.9. The highest BCUT2D eigenvalue weighted by Crippen LogP contribution is 2.19. The molecule has 0 spiro atoms. The zero-order chi connectivity index (χ0) is 17.5. The van der Waals surface area contributed by atoms with Crippen molar-refractivity contribution in [2.45, 2.75) is 6.42 Å². The highest BCUT2D eigenvalue weighted by atomic mass is 35.5. The largest absolute Gasteiger partial charge is 0.452 e. The molecule has 2 rings (SSSR count). The third kappa shape index (κ3) is 5.47. The van der Waals surface area contributed by atoms with Crippen molar-refractivity contribution in [1.82, 2.24) is 10.3 Å². The van der Waals surface area contributed by atoms with Gasteiger partial charge in [0.15, 0.2) is 6.61 Å². The number of halogens is 3. The summed E-state index contributed by atoms with van der Waals surface area (Å²) in [6.07, 6.45) is 1.75. The van der Waals surface area contributed by atoms with E-state index in [0.717, 1.165) is 5.56 Å². The van der Waals surface area contributed by atoms with Crippen LogP contribution >= 0.6 is 23.2 Å². The molecule has 2 aromatic rings. The Morgan fingerprint density at radius 2 is 1.92 bits per heavy atom. The number of rotatable bonds is 6. The molecule has 0 radical (unpaired) electrons. The molecule has 0 saturated heterocycles. The van der Waals surface area contributed by atoms with Gasteiger partial charge in [-0.2, -0.15) is 0 Å². The van der Waals surface area contributed by atoms with Crippen LogP contribution in [0.1, 0.15) is 15.9 Å². The fraction of sp³-hybridized carbons (Fsp3) is 0.188. The number of pyridine rings is 1. The standard InChI is InChI=1S/C16H13Cl2FN2O3/c17-13-7-11(8-21-15(13)18)16(23)24-9-14(22)20-6-5-10-1-3-12(19)4-2-10/h1-4,7-8H,5-6,9H2,(H,20,22). The molecule has 1 aromatic carbocycles. The van der Waals surface area contributed by atoms with Crippen molar-refractivity contribution in [1.29, 1.82) is 0 Å². The summed E-state index contributed by atoms with van der Waals surface area (Å²) < 4.78 is 17.6. The Morgan fingerprint density at radius 3 is 2.58 bits per heavy atom. The number of ether oxygens (including phenoxy) is 1. The minimum atomic E-state index is -0.727. The Labute approximate surface area is 147 Å². The molecular formula is C16H13Cl2FN2O3. The lowest BCUT2D eigenvalue weighted by molar-refractivity contribution is -0.124. The van der Waals surface area contributed by atoms with Crippen molar-refractivity contribution in [3.05, 3.63) is 63.6 Å². The maximum Gasteiger partial charge on any atom is 0.340 e. The average Bonchev–Trinajstić information content (AvgIpc) is 2.57. The van der Waals surface area contributed by atoms with E-state index in [1.54, 1.807) is 12.1 Å². The summed E-state index contributed by atoms with van der Waals surface area (Å²) in [7, 11) is 0. The number of nitrogens with one attached hydrogen (secondary N) is 1. The van der Waals surface area contributed by atoms with E-state index in [-0.39, 0.29) is 21.6 Å². The quantitative estimate of drug-likeness (QED) is 0.626. The van der Waals surface area contributed by atoms with E-state index >= 15 is 0 Å². The lowest BCUT2D eigenvalue weighted by atomic mass is 10.1. The van der Waals surface area contributed by atoms with Crippen molar-refractivity contribution < 1.29 is 18.7 Å². The van der Waals surface area contributed by atoms with Crippen LogP contribution in [0, 0.1) is 5.82 Å². The van der Waals surface area contributed by atoms with Crippen LogP contribution in [0.2, 0.25) is 10.2 Å². The van der Waals surface area contributed by atoms with Crippen LogP contribution in [0.25, 0.3) is 0 Å². The Kier molecular flexibility index (Phi) is 6.52. The summed E-state index contributed by atoms with van der Waals surface area (Å²) in [6, 6.07) is 7.29. The number of benzene rings is 1. The summed E-state index contributed by atoms with van der Waals surface area (Å²) in [4.78, 5) is 27.1. The molecule has 24 heavy (non-hydrogen) atoms. The first-order valence-corrected chi connectivity index (χ1v) is 7.70. The van der Waals surface area contributed by atoms with E-state index in [4.69, 9.17) is 27.9 Å². The van der Waals surface area contributed by atoms with Gasteiger partial charge in [-0.15, -0.1) is 0 Å². The molecule has 1 aromatic heterocycles. The molecule has 5 nitrogen and oxygen atoms in total. The van der Waals surface area contributed by atoms with Gasteiger partial charge < -0.3 is 10.1 Å². The Bertz CT molecular complexity index is 739. The highest BCUT2D eigenvalue weighted by Gasteiger charge is 2.12. The molecule has 0 bridgehead atoms. The van der Waals surface area contributed by atoms with Gasteiger partial charge in [0.2, 0.25) is 0 Å². The SMILES string of the molecule is O=C(COC(=O)c1cnc(Cl)c(Cl)c1)NCCc1ccc(F)cc1. The molecule has 0 aliphatic carbocycles. The summed E-state index contributed by atoms with van der Waals surface area (Å²) in [5, 5.41) is 2.80. The maximum absolute atomic E-state index is 12.8. The third-order valence-electron chi connectivity index (χ3n) is 3.02. The molecule has 0 aliphatic heterocycles. The third-order valence-corrected chi connectivity index (χ3v) is 3.70. The second kappa shape index (κ2) is 8.61. The van der Waals surface area contributed by atoms with E-state index in [1.165, 1.54) is 24.4 Å². The van der Waals surface area contributed by atoms with Gasteiger partial charge >= 0.3 is 5.97 Å². The number of nitrogens with zero attached hydrogens (tertiary/aromatic N) is 1. The smallest absolute Gasteiger partial charge is 0.340 e. The van der Waals surface area contributed by atoms with Crippen LogP contribution in [0.15, 0.2) is 36.5 Å². The number of esters is 1. The highest BCUT2D eigenvalue weighted by molar-refractivity contribution is 6.41. The molecule has 1 N–H and O–H groups in total. The molecule has 0 fully saturated rings. The normalized spacial score (nSPS) is 10.3. The Morgan fingerprint density at radius 1 is 1.21 bits per heavy atom. The molecule has 126 valence electrons. The number of hydrogen-bond donors (Lipinski definition) is 1. The Hall–Kier alpha value is -2.18. The summed E-state index contributed by atoms with van der Waals surface area (Å²) in [5.41, 5.74) is 0.985. The molecule has 0 saturated carbocycles. The first-order chi connectivity index (χ1) is 11.5. The summed E-state index contributed by atoms with van der Waals surface area (Å²) >= 11 is 11.4. The lowest BCUT2D eigenvalue weighted by Gasteiger charge is -2.07. The lowest BCUT2D eigenvalue weighted by Crippen LogP contribution is -2.30. The average molecular weight is 371 g/mol. The zero-order valence-electron chi connectivity index (χ0n) is 12.4. The van der Waals surface area contributed by atoms with Gasteiger partial charge in [-0.3, -0.25) is 4.79 Å². The Balaban J connectivity index is 1.73. The molecule has 0 unspecified atom stereocenters. The summed E-state index contributed by atoms with van der Waals surface area (Å²) in [6.45, 7) is -0.0845. The maximum atomic E-state index is 12.8. The fourth-order valence-electron chi connectivity index (χ4n) is 1.80. The van der Waals surface area contributed by atoms with Crippen molar-refractivity contribution in [2.75, 3.05) is 13.2 Å². The van der Waals surface area contributed by atoms with Gasteiger partial charge in [0, 0.05) is 12.7 Å². The van der Waals surface area contributed by atoms with E-state index in [9.17, 15) is 14.0 Å². The summed E-state index contributed by atoms with van der Waals surface area (Å²) in [5.74, 6) is -1.49. The van der Waals surface area contributed by atoms with Gasteiger partial charge in [-0.25, -0.2) is 14.2 Å². The second-order valence-corrected chi connectivity index (χ2v) is 5.56. The van der Waals surface area contributed by atoms with E-state index in [0.29, 0.717) is 13.0 Å². The first kappa shape index (κ1) is 18.2. The molecule has 0 atom stereocenters. The van der Waals surface area contributed by atoms with Crippen molar-refractivity contribution in [3.8, 4) is 0 Å². The van der Waals surface area contributed by atoms with Crippen LogP contribution in [-0.2, 0) is 16.0 Å². The van der Waals surface area contributed by atoms with Crippen LogP contribution in [0.3, 0.4) is 0 Å². The van der Waals surface area contributed by atoms with Crippen LogP contribution in [0.5, 0.6) is 0 Å². The van der Waals surface area contributed by atoms with Crippen molar-refractivity contribution >= 4 is 35.1 Å². The molecule has 1 heterocycles. The fourth-order valence-corrected chi connectivity index (χ4v) is 2.07. The van der Waals surface area contributed by atoms with Crippen LogP contribution in [-0.4, -0.2) is 30.0 Å². The number of carbonyl (C=O) groups excluding carboxylic acids is 2. The van der Waals surface area contributed by atoms with Crippen LogP contribution < -0.4 is 5.32 Å². The van der Waals surface area contributed by atoms with E-state index in [1.807, 2.05) is 0 Å². The van der Waals surface area contributed by atoms with Crippen molar-refractivity contribution in [3.63, 3.8) is 0 Å². The van der Waals surface area contributed by atoms with Gasteiger partial charge in [-0.1, -0.05) is 35.3 Å². The first-order valence-electron chi connectivity index (χ1n) is 6.95. The molecule has 1 amide bonds. The van der Waals surface area contributed by atoms with E-state index < -0.39 is 18.5 Å². The van der Waals surface area contributed by atoms with Crippen LogP contribution in [0.4, 0.5) is 4.39 Å². The van der Waals surface area contributed by atoms with Gasteiger partial charge in [0.1, 0.15) is 11.0 Å². The van der Waals surface area contributed by atoms with Crippen molar-refractivity contribution in [2.24, 2.45) is 0 Å². The van der Waals surface area contributed by atoms with Gasteiger partial charge in [-0.05, 0) is 30.2 Å². The minimum Gasteiger partial charge on any atom is -0.452 e. The number of hydrogen-bond acceptors (Lipinski definition) is 4. The molecular weight excluding hydrogens is 358 g/mol. The number of amides is 1. The molecule has 8 heteroatoms. The minimum absolute atomic E-state index is 0.0757. The topological polar surface area (TPSA) is 68.3 Å². The van der Waals surface area contributed by atoms with E-state index in [2.05, 4.69) is 10.3 Å². The van der Waals surface area contributed by atoms with Gasteiger partial charge in [0.25, 0.3) is 5.91 Å². The predicted molar refractivity (Wildman–Crippen MR) is 87.7 cm³/mol. The number of aromatic nitrogens is 1. The number of carbonyl (C=O) groups is 2. The monoisotopic (exact) mass is 370 g/mol. The van der Waals surface area contributed by atoms with Gasteiger partial charge in [0.05, 0.1) is 10.6 Å².